The number of pyridine rings is 1. The third kappa shape index (κ3) is 3.21. The van der Waals surface area contributed by atoms with Gasteiger partial charge in [-0.3, -0.25) is 9.59 Å². The summed E-state index contributed by atoms with van der Waals surface area (Å²) in [5, 5.41) is 2.83. The van der Waals surface area contributed by atoms with Crippen LogP contribution in [0.3, 0.4) is 0 Å². The van der Waals surface area contributed by atoms with Crippen molar-refractivity contribution in [3.8, 4) is 5.69 Å². The van der Waals surface area contributed by atoms with E-state index in [0.717, 1.165) is 11.3 Å². The number of aromatic nitrogens is 3. The molecule has 0 saturated carbocycles. The zero-order valence-corrected chi connectivity index (χ0v) is 12.6. The van der Waals surface area contributed by atoms with Crippen LogP contribution in [-0.4, -0.2) is 20.4 Å². The van der Waals surface area contributed by atoms with Crippen LogP contribution in [0.15, 0.2) is 66.1 Å². The van der Waals surface area contributed by atoms with Crippen LogP contribution >= 0.6 is 0 Å². The van der Waals surface area contributed by atoms with Crippen LogP contribution < -0.4 is 10.9 Å². The smallest absolute Gasteiger partial charge is 0.260 e. The Balaban J connectivity index is 1.73. The summed E-state index contributed by atoms with van der Waals surface area (Å²) in [6, 6.07) is 10.7. The van der Waals surface area contributed by atoms with Gasteiger partial charge in [-0.05, 0) is 36.8 Å². The van der Waals surface area contributed by atoms with Gasteiger partial charge in [0.2, 0.25) is 0 Å². The average Bonchev–Trinajstić information content (AvgIpc) is 3.09. The normalized spacial score (nSPS) is 11.9. The molecule has 2 N–H and O–H groups in total. The number of nitrogens with one attached hydrogen (secondary N) is 2. The lowest BCUT2D eigenvalue weighted by Crippen LogP contribution is -2.31. The van der Waals surface area contributed by atoms with Crippen LogP contribution in [0, 0.1) is 0 Å². The van der Waals surface area contributed by atoms with Gasteiger partial charge >= 0.3 is 0 Å². The van der Waals surface area contributed by atoms with Crippen molar-refractivity contribution < 1.29 is 4.79 Å². The lowest BCUT2D eigenvalue weighted by Gasteiger charge is -2.14. The van der Waals surface area contributed by atoms with Crippen LogP contribution in [0.1, 0.15) is 28.9 Å². The highest BCUT2D eigenvalue weighted by molar-refractivity contribution is 5.93. The summed E-state index contributed by atoms with van der Waals surface area (Å²) in [5.74, 6) is -0.391. The number of carbonyl (C=O) groups excluding carboxylic acids is 1. The molecule has 3 rings (SSSR count). The SMILES string of the molecule is CC(NC(=O)c1ccc[nH]c1=O)c1ccc(-n2ccnc2)cc1. The zero-order chi connectivity index (χ0) is 16.2. The van der Waals surface area contributed by atoms with E-state index in [9.17, 15) is 9.59 Å². The molecule has 116 valence electrons. The van der Waals surface area contributed by atoms with Gasteiger partial charge in [-0.15, -0.1) is 0 Å². The highest BCUT2D eigenvalue weighted by Gasteiger charge is 2.14. The first kappa shape index (κ1) is 14.8. The summed E-state index contributed by atoms with van der Waals surface area (Å²) in [6.45, 7) is 1.88. The number of hydrogen-bond acceptors (Lipinski definition) is 3. The van der Waals surface area contributed by atoms with Crippen LogP contribution in [0.4, 0.5) is 0 Å². The van der Waals surface area contributed by atoms with Crippen LogP contribution in [0.2, 0.25) is 0 Å². The maximum atomic E-state index is 12.2. The average molecular weight is 308 g/mol. The molecule has 0 bridgehead atoms. The molecule has 0 radical (unpaired) electrons. The van der Waals surface area contributed by atoms with Crippen molar-refractivity contribution in [1.29, 1.82) is 0 Å². The molecule has 2 aromatic heterocycles. The zero-order valence-electron chi connectivity index (χ0n) is 12.6. The third-order valence-corrected chi connectivity index (χ3v) is 3.61. The van der Waals surface area contributed by atoms with Gasteiger partial charge in [-0.1, -0.05) is 12.1 Å². The van der Waals surface area contributed by atoms with Crippen LogP contribution in [0.25, 0.3) is 5.69 Å². The molecular formula is C17H16N4O2. The molecule has 1 aromatic carbocycles. The van der Waals surface area contributed by atoms with Crippen molar-refractivity contribution in [2.24, 2.45) is 0 Å². The Morgan fingerprint density at radius 3 is 2.70 bits per heavy atom. The largest absolute Gasteiger partial charge is 0.345 e. The maximum Gasteiger partial charge on any atom is 0.260 e. The number of benzene rings is 1. The Morgan fingerprint density at radius 2 is 2.04 bits per heavy atom. The predicted molar refractivity (Wildman–Crippen MR) is 86.5 cm³/mol. The molecule has 1 amide bonds. The van der Waals surface area contributed by atoms with Gasteiger partial charge in [-0.2, -0.15) is 0 Å². The van der Waals surface area contributed by atoms with Gasteiger partial charge < -0.3 is 14.9 Å². The fraction of sp³-hybridized carbons (Fsp3) is 0.118. The van der Waals surface area contributed by atoms with E-state index in [1.165, 1.54) is 12.3 Å². The minimum absolute atomic E-state index is 0.106. The number of rotatable bonds is 4. The van der Waals surface area contributed by atoms with Crippen molar-refractivity contribution in [1.82, 2.24) is 19.9 Å². The van der Waals surface area contributed by atoms with E-state index in [2.05, 4.69) is 15.3 Å². The molecule has 0 saturated heterocycles. The number of aromatic amines is 1. The molecule has 0 fully saturated rings. The molecule has 0 aliphatic heterocycles. The molecule has 0 aliphatic rings. The number of imidazole rings is 1. The van der Waals surface area contributed by atoms with E-state index in [4.69, 9.17) is 0 Å². The van der Waals surface area contributed by atoms with Gasteiger partial charge in [0.25, 0.3) is 11.5 Å². The Labute approximate surface area is 132 Å². The van der Waals surface area contributed by atoms with E-state index in [0.29, 0.717) is 0 Å². The number of H-pyrrole nitrogens is 1. The first-order chi connectivity index (χ1) is 11.1. The van der Waals surface area contributed by atoms with Gasteiger partial charge in [0.05, 0.1) is 12.4 Å². The second kappa shape index (κ2) is 6.31. The maximum absolute atomic E-state index is 12.2. The quantitative estimate of drug-likeness (QED) is 0.774. The molecule has 1 atom stereocenters. The van der Waals surface area contributed by atoms with Gasteiger partial charge in [0.1, 0.15) is 5.56 Å². The third-order valence-electron chi connectivity index (χ3n) is 3.61. The minimum Gasteiger partial charge on any atom is -0.345 e. The lowest BCUT2D eigenvalue weighted by atomic mass is 10.1. The molecule has 6 heteroatoms. The topological polar surface area (TPSA) is 79.8 Å². The fourth-order valence-corrected chi connectivity index (χ4v) is 2.31. The molecule has 3 aromatic rings. The number of amides is 1. The first-order valence-corrected chi connectivity index (χ1v) is 7.22. The second-order valence-electron chi connectivity index (χ2n) is 5.17. The number of hydrogen-bond donors (Lipinski definition) is 2. The second-order valence-corrected chi connectivity index (χ2v) is 5.17. The molecule has 23 heavy (non-hydrogen) atoms. The first-order valence-electron chi connectivity index (χ1n) is 7.22. The van der Waals surface area contributed by atoms with E-state index < -0.39 is 11.5 Å². The summed E-state index contributed by atoms with van der Waals surface area (Å²) in [5.41, 5.74) is 1.65. The van der Waals surface area contributed by atoms with Crippen molar-refractivity contribution in [2.75, 3.05) is 0 Å². The van der Waals surface area contributed by atoms with Crippen molar-refractivity contribution in [3.05, 3.63) is 82.8 Å². The monoisotopic (exact) mass is 308 g/mol. The van der Waals surface area contributed by atoms with Crippen molar-refractivity contribution >= 4 is 5.91 Å². The van der Waals surface area contributed by atoms with E-state index >= 15 is 0 Å². The van der Waals surface area contributed by atoms with Crippen molar-refractivity contribution in [2.45, 2.75) is 13.0 Å². The summed E-state index contributed by atoms with van der Waals surface area (Å²) in [7, 11) is 0. The van der Waals surface area contributed by atoms with E-state index in [1.807, 2.05) is 42.0 Å². The highest BCUT2D eigenvalue weighted by Crippen LogP contribution is 2.16. The fourth-order valence-electron chi connectivity index (χ4n) is 2.31. The Kier molecular flexibility index (Phi) is 4.05. The highest BCUT2D eigenvalue weighted by atomic mass is 16.2. The van der Waals surface area contributed by atoms with Crippen molar-refractivity contribution in [3.63, 3.8) is 0 Å². The Hall–Kier alpha value is -3.15. The number of carbonyl (C=O) groups is 1. The molecule has 0 aliphatic carbocycles. The van der Waals surface area contributed by atoms with Crippen LogP contribution in [0.5, 0.6) is 0 Å². The summed E-state index contributed by atoms with van der Waals surface area (Å²) in [4.78, 5) is 30.3. The van der Waals surface area contributed by atoms with Crippen LogP contribution in [-0.2, 0) is 0 Å². The van der Waals surface area contributed by atoms with E-state index in [1.54, 1.807) is 18.6 Å². The van der Waals surface area contributed by atoms with Gasteiger partial charge in [0.15, 0.2) is 0 Å². The Bertz CT molecular complexity index is 851. The lowest BCUT2D eigenvalue weighted by molar-refractivity contribution is 0.0938. The summed E-state index contributed by atoms with van der Waals surface area (Å²) in [6.07, 6.45) is 6.80. The molecule has 0 spiro atoms. The standard InChI is InChI=1S/C17H16N4O2/c1-12(20-17(23)15-3-2-8-19-16(15)22)13-4-6-14(7-5-13)21-10-9-18-11-21/h2-12H,1H3,(H,19,22)(H,20,23). The number of nitrogens with zero attached hydrogens (tertiary/aromatic N) is 2. The minimum atomic E-state index is -0.396. The summed E-state index contributed by atoms with van der Waals surface area (Å²) >= 11 is 0. The summed E-state index contributed by atoms with van der Waals surface area (Å²) < 4.78 is 1.90. The molecule has 2 heterocycles. The van der Waals surface area contributed by atoms with Gasteiger partial charge in [0, 0.05) is 24.3 Å². The molecular weight excluding hydrogens is 292 g/mol. The predicted octanol–water partition coefficient (Wildman–Crippen LogP) is 2.05. The Morgan fingerprint density at radius 1 is 1.26 bits per heavy atom. The molecule has 6 nitrogen and oxygen atoms in total. The molecule has 1 unspecified atom stereocenters. The van der Waals surface area contributed by atoms with E-state index in [-0.39, 0.29) is 11.6 Å². The van der Waals surface area contributed by atoms with Gasteiger partial charge in [-0.25, -0.2) is 4.98 Å².